The number of rotatable bonds is 4. The lowest BCUT2D eigenvalue weighted by Gasteiger charge is -2.14. The fourth-order valence-electron chi connectivity index (χ4n) is 3.02. The van der Waals surface area contributed by atoms with Crippen molar-refractivity contribution in [1.82, 2.24) is 15.3 Å². The number of hydrogen-bond donors (Lipinski definition) is 1. The average molecular weight is 360 g/mol. The second kappa shape index (κ2) is 6.99. The predicted octanol–water partition coefficient (Wildman–Crippen LogP) is 4.06. The van der Waals surface area contributed by atoms with Crippen LogP contribution in [0.4, 0.5) is 4.39 Å². The normalized spacial score (nSPS) is 13.2. The molecule has 0 spiro atoms. The van der Waals surface area contributed by atoms with Gasteiger partial charge in [-0.05, 0) is 47.5 Å². The van der Waals surface area contributed by atoms with E-state index in [1.165, 1.54) is 12.1 Å². The molecule has 0 atom stereocenters. The third-order valence-corrected chi connectivity index (χ3v) is 4.32. The predicted molar refractivity (Wildman–Crippen MR) is 106 cm³/mol. The molecule has 0 aliphatic carbocycles. The first kappa shape index (κ1) is 16.9. The van der Waals surface area contributed by atoms with Crippen molar-refractivity contribution in [1.29, 1.82) is 0 Å². The number of nitrogens with one attached hydrogen (secondary N) is 1. The van der Waals surface area contributed by atoms with Crippen LogP contribution in [-0.2, 0) is 0 Å². The number of aliphatic imine (C=N–C) groups is 1. The van der Waals surface area contributed by atoms with E-state index in [0.29, 0.717) is 29.3 Å². The number of aromatic nitrogens is 2. The van der Waals surface area contributed by atoms with Crippen LogP contribution in [0.1, 0.15) is 11.5 Å². The number of hydrogen-bond acceptors (Lipinski definition) is 5. The van der Waals surface area contributed by atoms with Gasteiger partial charge in [-0.25, -0.2) is 14.4 Å². The van der Waals surface area contributed by atoms with E-state index in [1.54, 1.807) is 25.6 Å². The van der Waals surface area contributed by atoms with Crippen molar-refractivity contribution in [2.75, 3.05) is 13.7 Å². The van der Waals surface area contributed by atoms with Gasteiger partial charge in [0.2, 0.25) is 0 Å². The molecule has 1 aliphatic heterocycles. The maximum absolute atomic E-state index is 13.7. The number of halogens is 1. The molecule has 0 radical (unpaired) electrons. The highest BCUT2D eigenvalue weighted by Gasteiger charge is 2.15. The molecule has 27 heavy (non-hydrogen) atoms. The Morgan fingerprint density at radius 2 is 2.07 bits per heavy atom. The summed E-state index contributed by atoms with van der Waals surface area (Å²) >= 11 is 0. The zero-order chi connectivity index (χ0) is 18.8. The summed E-state index contributed by atoms with van der Waals surface area (Å²) in [7, 11) is 1.59. The Morgan fingerprint density at radius 3 is 2.78 bits per heavy atom. The number of fused-ring (bicyclic) bond motifs is 1. The van der Waals surface area contributed by atoms with Crippen LogP contribution in [0.25, 0.3) is 33.8 Å². The van der Waals surface area contributed by atoms with Crippen LogP contribution in [0, 0.1) is 5.82 Å². The summed E-state index contributed by atoms with van der Waals surface area (Å²) in [5.41, 5.74) is 3.70. The Bertz CT molecular complexity index is 1100. The van der Waals surface area contributed by atoms with E-state index in [1.807, 2.05) is 24.3 Å². The molecule has 0 fully saturated rings. The molecule has 3 aromatic rings. The second-order valence-corrected chi connectivity index (χ2v) is 5.98. The van der Waals surface area contributed by atoms with Crippen molar-refractivity contribution < 1.29 is 9.13 Å². The highest BCUT2D eigenvalue weighted by Crippen LogP contribution is 2.34. The molecule has 134 valence electrons. The minimum atomic E-state index is -0.293. The lowest BCUT2D eigenvalue weighted by atomic mass is 10.0. The maximum atomic E-state index is 13.7. The minimum absolute atomic E-state index is 0.293. The summed E-state index contributed by atoms with van der Waals surface area (Å²) in [6.07, 6.45) is 5.22. The van der Waals surface area contributed by atoms with Gasteiger partial charge >= 0.3 is 0 Å². The first-order chi connectivity index (χ1) is 13.2. The second-order valence-electron chi connectivity index (χ2n) is 5.98. The highest BCUT2D eigenvalue weighted by molar-refractivity contribution is 5.95. The summed E-state index contributed by atoms with van der Waals surface area (Å²) in [6.45, 7) is 4.45. The van der Waals surface area contributed by atoms with Gasteiger partial charge in [-0.15, -0.1) is 0 Å². The van der Waals surface area contributed by atoms with Gasteiger partial charge in [0, 0.05) is 5.39 Å². The molecule has 0 bridgehead atoms. The fraction of sp³-hybridized carbons (Fsp3) is 0.0952. The molecule has 1 aliphatic rings. The quantitative estimate of drug-likeness (QED) is 0.762. The first-order valence-corrected chi connectivity index (χ1v) is 8.43. The van der Waals surface area contributed by atoms with E-state index in [4.69, 9.17) is 4.74 Å². The maximum Gasteiger partial charge on any atom is 0.176 e. The third-order valence-electron chi connectivity index (χ3n) is 4.32. The van der Waals surface area contributed by atoms with Crippen LogP contribution in [0.2, 0.25) is 0 Å². The lowest BCUT2D eigenvalue weighted by Crippen LogP contribution is -2.16. The van der Waals surface area contributed by atoms with E-state index in [0.717, 1.165) is 22.2 Å². The molecule has 0 amide bonds. The zero-order valence-electron chi connectivity index (χ0n) is 14.7. The van der Waals surface area contributed by atoms with Gasteiger partial charge in [-0.3, -0.25) is 4.99 Å². The smallest absolute Gasteiger partial charge is 0.176 e. The largest absolute Gasteiger partial charge is 0.494 e. The molecule has 1 aromatic heterocycles. The van der Waals surface area contributed by atoms with Crippen LogP contribution >= 0.6 is 0 Å². The van der Waals surface area contributed by atoms with E-state index >= 15 is 0 Å². The molecule has 6 heteroatoms. The lowest BCUT2D eigenvalue weighted by molar-refractivity contribution is 0.419. The van der Waals surface area contributed by atoms with Crippen LogP contribution in [0.15, 0.2) is 54.0 Å². The van der Waals surface area contributed by atoms with E-state index in [-0.39, 0.29) is 5.82 Å². The van der Waals surface area contributed by atoms with E-state index in [9.17, 15) is 4.39 Å². The van der Waals surface area contributed by atoms with Crippen molar-refractivity contribution in [2.24, 2.45) is 4.99 Å². The van der Waals surface area contributed by atoms with Gasteiger partial charge in [0.05, 0.1) is 31.4 Å². The number of methoxy groups -OCH3 is 1. The third kappa shape index (κ3) is 3.17. The van der Waals surface area contributed by atoms with Gasteiger partial charge in [0.25, 0.3) is 0 Å². The molecule has 2 aromatic carbocycles. The minimum Gasteiger partial charge on any atom is -0.494 e. The van der Waals surface area contributed by atoms with Crippen LogP contribution in [0.3, 0.4) is 0 Å². The molecular formula is C21H17FN4O. The molecule has 4 rings (SSSR count). The Kier molecular flexibility index (Phi) is 4.38. The number of ether oxygens (including phenoxy) is 1. The van der Waals surface area contributed by atoms with E-state index in [2.05, 4.69) is 26.9 Å². The van der Waals surface area contributed by atoms with Gasteiger partial charge in [0.15, 0.2) is 5.82 Å². The van der Waals surface area contributed by atoms with Gasteiger partial charge in [-0.1, -0.05) is 18.7 Å². The van der Waals surface area contributed by atoms with Gasteiger partial charge in [0.1, 0.15) is 17.1 Å². The summed E-state index contributed by atoms with van der Waals surface area (Å²) < 4.78 is 19.2. The summed E-state index contributed by atoms with van der Waals surface area (Å²) in [5.74, 6) is 0.836. The summed E-state index contributed by atoms with van der Waals surface area (Å²) in [6, 6.07) is 10.2. The van der Waals surface area contributed by atoms with Crippen molar-refractivity contribution >= 4 is 29.0 Å². The van der Waals surface area contributed by atoms with Crippen molar-refractivity contribution in [3.05, 3.63) is 66.4 Å². The van der Waals surface area contributed by atoms with Gasteiger partial charge in [-0.2, -0.15) is 0 Å². The van der Waals surface area contributed by atoms with Gasteiger partial charge < -0.3 is 10.1 Å². The van der Waals surface area contributed by atoms with Crippen LogP contribution < -0.4 is 10.1 Å². The SMILES string of the molecule is C=Cc1nc(C2=CCN=CN2)nc2c(OC)cc(-c3cccc(F)c3)cc12. The monoisotopic (exact) mass is 360 g/mol. The number of nitrogens with zero attached hydrogens (tertiary/aromatic N) is 3. The Hall–Kier alpha value is -3.54. The molecule has 0 saturated heterocycles. The molecule has 0 saturated carbocycles. The Morgan fingerprint density at radius 1 is 1.19 bits per heavy atom. The zero-order valence-corrected chi connectivity index (χ0v) is 14.7. The first-order valence-electron chi connectivity index (χ1n) is 8.43. The van der Waals surface area contributed by atoms with Crippen LogP contribution in [0.5, 0.6) is 5.75 Å². The van der Waals surface area contributed by atoms with Crippen molar-refractivity contribution in [2.45, 2.75) is 0 Å². The number of benzene rings is 2. The molecule has 5 nitrogen and oxygen atoms in total. The molecular weight excluding hydrogens is 343 g/mol. The Labute approximate surface area is 156 Å². The van der Waals surface area contributed by atoms with Crippen molar-refractivity contribution in [3.63, 3.8) is 0 Å². The topological polar surface area (TPSA) is 59.4 Å². The molecule has 0 unspecified atom stereocenters. The Balaban J connectivity index is 1.95. The molecule has 2 heterocycles. The highest BCUT2D eigenvalue weighted by atomic mass is 19.1. The fourth-order valence-corrected chi connectivity index (χ4v) is 3.02. The summed E-state index contributed by atoms with van der Waals surface area (Å²) in [5, 5.41) is 3.85. The molecule has 1 N–H and O–H groups in total. The standard InChI is InChI=1S/C21H17FN4O/c1-3-17-16-10-14(13-5-4-6-15(22)9-13)11-19(27-2)20(16)26-21(25-17)18-7-8-23-12-24-18/h3-7,9-12H,1,8H2,2H3,(H,23,24). The van der Waals surface area contributed by atoms with E-state index < -0.39 is 0 Å². The summed E-state index contributed by atoms with van der Waals surface area (Å²) in [4.78, 5) is 13.4. The average Bonchev–Trinajstić information content (AvgIpc) is 2.72. The van der Waals surface area contributed by atoms with Crippen LogP contribution in [-0.4, -0.2) is 30.0 Å². The van der Waals surface area contributed by atoms with Crippen molar-refractivity contribution in [3.8, 4) is 16.9 Å².